The number of aryl methyl sites for hydroxylation is 1. The zero-order valence-electron chi connectivity index (χ0n) is 9.33. The van der Waals surface area contributed by atoms with Crippen molar-refractivity contribution in [2.45, 2.75) is 33.4 Å². The van der Waals surface area contributed by atoms with Crippen LogP contribution in [0.2, 0.25) is 0 Å². The Balaban J connectivity index is 2.33. The zero-order valence-corrected chi connectivity index (χ0v) is 9.33. The van der Waals surface area contributed by atoms with Crippen LogP contribution >= 0.6 is 0 Å². The first-order valence-electron chi connectivity index (χ1n) is 5.20. The van der Waals surface area contributed by atoms with Crippen LogP contribution in [0.3, 0.4) is 0 Å². The molecule has 0 amide bonds. The maximum Gasteiger partial charge on any atom is 0.177 e. The molecule has 80 valence electrons. The Kier molecular flexibility index (Phi) is 2.68. The molecule has 0 aliphatic rings. The van der Waals surface area contributed by atoms with E-state index < -0.39 is 0 Å². The number of nitrogens with zero attached hydrogens (tertiary/aromatic N) is 2. The molecule has 0 saturated heterocycles. The highest BCUT2D eigenvalue weighted by molar-refractivity contribution is 5.74. The maximum absolute atomic E-state index is 4.31. The molecule has 0 radical (unpaired) electrons. The van der Waals surface area contributed by atoms with E-state index in [0.717, 1.165) is 23.5 Å². The third-order valence-electron chi connectivity index (χ3n) is 2.30. The van der Waals surface area contributed by atoms with Gasteiger partial charge in [0.15, 0.2) is 5.65 Å². The van der Waals surface area contributed by atoms with E-state index in [0.29, 0.717) is 6.04 Å². The summed E-state index contributed by atoms with van der Waals surface area (Å²) in [6, 6.07) is 2.51. The van der Waals surface area contributed by atoms with Gasteiger partial charge in [-0.05, 0) is 18.6 Å². The number of H-pyrrole nitrogens is 1. The van der Waals surface area contributed by atoms with Crippen molar-refractivity contribution in [2.24, 2.45) is 0 Å². The third kappa shape index (κ3) is 2.15. The topological polar surface area (TPSA) is 53.6 Å². The van der Waals surface area contributed by atoms with E-state index >= 15 is 0 Å². The van der Waals surface area contributed by atoms with Gasteiger partial charge in [-0.2, -0.15) is 0 Å². The van der Waals surface area contributed by atoms with E-state index in [1.807, 2.05) is 13.0 Å². The maximum atomic E-state index is 4.31. The number of pyridine rings is 1. The van der Waals surface area contributed by atoms with Gasteiger partial charge in [-0.1, -0.05) is 13.8 Å². The van der Waals surface area contributed by atoms with Gasteiger partial charge in [-0.15, -0.1) is 0 Å². The summed E-state index contributed by atoms with van der Waals surface area (Å²) < 4.78 is 0. The molecule has 15 heavy (non-hydrogen) atoms. The molecule has 0 spiro atoms. The summed E-state index contributed by atoms with van der Waals surface area (Å²) in [7, 11) is 0. The van der Waals surface area contributed by atoms with Gasteiger partial charge in [0.25, 0.3) is 0 Å². The second-order valence-electron chi connectivity index (χ2n) is 4.03. The Bertz CT molecular complexity index is 459. The average molecular weight is 204 g/mol. The molecule has 0 aliphatic heterocycles. The lowest BCUT2D eigenvalue weighted by atomic mass is 10.2. The average Bonchev–Trinajstić information content (AvgIpc) is 2.55. The zero-order chi connectivity index (χ0) is 10.8. The Morgan fingerprint density at radius 1 is 1.47 bits per heavy atom. The van der Waals surface area contributed by atoms with Gasteiger partial charge in [0.2, 0.25) is 0 Å². The Labute approximate surface area is 89.1 Å². The number of fused-ring (bicyclic) bond motifs is 1. The van der Waals surface area contributed by atoms with Crippen molar-refractivity contribution in [2.75, 3.05) is 0 Å². The number of hydrogen-bond donors (Lipinski definition) is 2. The molecule has 0 bridgehead atoms. The van der Waals surface area contributed by atoms with Crippen molar-refractivity contribution in [3.8, 4) is 0 Å². The number of aromatic nitrogens is 3. The fourth-order valence-corrected chi connectivity index (χ4v) is 1.54. The van der Waals surface area contributed by atoms with Crippen molar-refractivity contribution in [3.63, 3.8) is 0 Å². The SMILES string of the molecule is Cc1nc2nccc(CNC(C)C)c2[nH]1. The molecule has 2 rings (SSSR count). The largest absolute Gasteiger partial charge is 0.341 e. The number of nitrogens with one attached hydrogen (secondary N) is 2. The van der Waals surface area contributed by atoms with E-state index in [2.05, 4.69) is 34.1 Å². The summed E-state index contributed by atoms with van der Waals surface area (Å²) in [6.45, 7) is 7.06. The van der Waals surface area contributed by atoms with Crippen LogP contribution in [0.5, 0.6) is 0 Å². The van der Waals surface area contributed by atoms with E-state index in [1.54, 1.807) is 6.20 Å². The minimum absolute atomic E-state index is 0.484. The highest BCUT2D eigenvalue weighted by Gasteiger charge is 2.05. The first-order chi connectivity index (χ1) is 7.16. The Hall–Kier alpha value is -1.42. The molecular formula is C11H16N4. The van der Waals surface area contributed by atoms with Gasteiger partial charge in [0.1, 0.15) is 5.82 Å². The molecule has 0 atom stereocenters. The Morgan fingerprint density at radius 3 is 3.00 bits per heavy atom. The van der Waals surface area contributed by atoms with Gasteiger partial charge >= 0.3 is 0 Å². The summed E-state index contributed by atoms with van der Waals surface area (Å²) in [5.41, 5.74) is 3.06. The number of imidazole rings is 1. The number of aromatic amines is 1. The molecule has 4 heteroatoms. The van der Waals surface area contributed by atoms with E-state index in [9.17, 15) is 0 Å². The van der Waals surface area contributed by atoms with Gasteiger partial charge in [-0.25, -0.2) is 9.97 Å². The van der Waals surface area contributed by atoms with Gasteiger partial charge < -0.3 is 10.3 Å². The standard InChI is InChI=1S/C11H16N4/c1-7(2)13-6-9-4-5-12-11-10(9)14-8(3)15-11/h4-5,7,13H,6H2,1-3H3,(H,12,14,15). The van der Waals surface area contributed by atoms with E-state index in [-0.39, 0.29) is 0 Å². The molecule has 4 nitrogen and oxygen atoms in total. The molecule has 2 aromatic heterocycles. The highest BCUT2D eigenvalue weighted by Crippen LogP contribution is 2.13. The Morgan fingerprint density at radius 2 is 2.27 bits per heavy atom. The van der Waals surface area contributed by atoms with Crippen LogP contribution in [0, 0.1) is 6.92 Å². The lowest BCUT2D eigenvalue weighted by molar-refractivity contribution is 0.590. The van der Waals surface area contributed by atoms with Crippen LogP contribution in [0.15, 0.2) is 12.3 Å². The smallest absolute Gasteiger partial charge is 0.177 e. The van der Waals surface area contributed by atoms with Crippen molar-refractivity contribution in [1.29, 1.82) is 0 Å². The summed E-state index contributed by atoms with van der Waals surface area (Å²) in [5, 5.41) is 3.39. The van der Waals surface area contributed by atoms with Gasteiger partial charge in [0, 0.05) is 18.8 Å². The minimum Gasteiger partial charge on any atom is -0.341 e. The lowest BCUT2D eigenvalue weighted by Gasteiger charge is -2.07. The molecule has 0 fully saturated rings. The molecule has 2 N–H and O–H groups in total. The van der Waals surface area contributed by atoms with E-state index in [4.69, 9.17) is 0 Å². The summed E-state index contributed by atoms with van der Waals surface area (Å²) in [5.74, 6) is 0.912. The van der Waals surface area contributed by atoms with Crippen molar-refractivity contribution >= 4 is 11.2 Å². The fraction of sp³-hybridized carbons (Fsp3) is 0.455. The molecule has 0 unspecified atom stereocenters. The second kappa shape index (κ2) is 3.98. The number of hydrogen-bond acceptors (Lipinski definition) is 3. The first kappa shape index (κ1) is 10.1. The van der Waals surface area contributed by atoms with Crippen LogP contribution in [0.4, 0.5) is 0 Å². The van der Waals surface area contributed by atoms with Gasteiger partial charge in [-0.3, -0.25) is 0 Å². The van der Waals surface area contributed by atoms with Crippen molar-refractivity contribution in [1.82, 2.24) is 20.3 Å². The third-order valence-corrected chi connectivity index (χ3v) is 2.30. The molecule has 0 aliphatic carbocycles. The van der Waals surface area contributed by atoms with Crippen LogP contribution in [0.1, 0.15) is 25.2 Å². The monoisotopic (exact) mass is 204 g/mol. The molecule has 2 heterocycles. The summed E-state index contributed by atoms with van der Waals surface area (Å²) in [4.78, 5) is 11.8. The number of rotatable bonds is 3. The summed E-state index contributed by atoms with van der Waals surface area (Å²) >= 11 is 0. The highest BCUT2D eigenvalue weighted by atomic mass is 15.0. The predicted molar refractivity (Wildman–Crippen MR) is 60.6 cm³/mol. The molecule has 0 aromatic carbocycles. The quantitative estimate of drug-likeness (QED) is 0.801. The van der Waals surface area contributed by atoms with Crippen molar-refractivity contribution in [3.05, 3.63) is 23.7 Å². The van der Waals surface area contributed by atoms with Crippen LogP contribution in [-0.2, 0) is 6.54 Å². The fourth-order valence-electron chi connectivity index (χ4n) is 1.54. The predicted octanol–water partition coefficient (Wildman–Crippen LogP) is 1.76. The van der Waals surface area contributed by atoms with Crippen LogP contribution < -0.4 is 5.32 Å². The van der Waals surface area contributed by atoms with Crippen molar-refractivity contribution < 1.29 is 0 Å². The molecule has 2 aromatic rings. The van der Waals surface area contributed by atoms with E-state index in [1.165, 1.54) is 5.56 Å². The van der Waals surface area contributed by atoms with Crippen LogP contribution in [0.25, 0.3) is 11.2 Å². The first-order valence-corrected chi connectivity index (χ1v) is 5.20. The summed E-state index contributed by atoms with van der Waals surface area (Å²) in [6.07, 6.45) is 1.81. The lowest BCUT2D eigenvalue weighted by Crippen LogP contribution is -2.21. The van der Waals surface area contributed by atoms with Gasteiger partial charge in [0.05, 0.1) is 5.52 Å². The molecule has 0 saturated carbocycles. The molecular weight excluding hydrogens is 188 g/mol. The normalized spacial score (nSPS) is 11.5. The van der Waals surface area contributed by atoms with Crippen LogP contribution in [-0.4, -0.2) is 21.0 Å². The second-order valence-corrected chi connectivity index (χ2v) is 4.03. The minimum atomic E-state index is 0.484.